The minimum absolute atomic E-state index is 0.0527. The van der Waals surface area contributed by atoms with Crippen LogP contribution < -0.4 is 16.0 Å². The summed E-state index contributed by atoms with van der Waals surface area (Å²) in [5, 5.41) is 19.0. The van der Waals surface area contributed by atoms with Gasteiger partial charge in [-0.2, -0.15) is 0 Å². The van der Waals surface area contributed by atoms with Gasteiger partial charge in [0, 0.05) is 16.1 Å². The van der Waals surface area contributed by atoms with E-state index in [9.17, 15) is 24.6 Å². The van der Waals surface area contributed by atoms with Gasteiger partial charge in [-0.15, -0.1) is 0 Å². The van der Waals surface area contributed by atoms with E-state index in [1.165, 1.54) is 18.2 Å². The summed E-state index contributed by atoms with van der Waals surface area (Å²) < 4.78 is 5.40. The highest BCUT2D eigenvalue weighted by Crippen LogP contribution is 2.37. The van der Waals surface area contributed by atoms with Gasteiger partial charge in [0.15, 0.2) is 0 Å². The molecule has 126 valence electrons. The molecular weight excluding hydrogens is 340 g/mol. The average Bonchev–Trinajstić information content (AvgIpc) is 2.47. The van der Waals surface area contributed by atoms with E-state index in [1.807, 2.05) is 4.98 Å². The van der Waals surface area contributed by atoms with Gasteiger partial charge in [0.2, 0.25) is 0 Å². The number of ether oxygens (including phenoxy) is 1. The Kier molecular flexibility index (Phi) is 4.79. The van der Waals surface area contributed by atoms with E-state index in [-0.39, 0.29) is 28.5 Å². The first kappa shape index (κ1) is 17.4. The Bertz CT molecular complexity index is 890. The molecule has 0 aliphatic rings. The number of H-pyrrole nitrogens is 1. The topological polar surface area (TPSA) is 143 Å². The fourth-order valence-corrected chi connectivity index (χ4v) is 2.47. The molecule has 0 bridgehead atoms. The van der Waals surface area contributed by atoms with Crippen LogP contribution in [0, 0.1) is 0 Å². The van der Waals surface area contributed by atoms with Gasteiger partial charge in [-0.1, -0.05) is 11.6 Å². The zero-order chi connectivity index (χ0) is 18.0. The van der Waals surface area contributed by atoms with Crippen LogP contribution in [0.15, 0.2) is 23.0 Å². The molecule has 0 saturated carbocycles. The zero-order valence-electron chi connectivity index (χ0n) is 12.4. The molecule has 8 nitrogen and oxygen atoms in total. The molecule has 0 fully saturated rings. The number of aromatic amines is 1. The van der Waals surface area contributed by atoms with Gasteiger partial charge in [0.05, 0.1) is 6.61 Å². The number of rotatable bonds is 5. The second-order valence-electron chi connectivity index (χ2n) is 4.68. The summed E-state index contributed by atoms with van der Waals surface area (Å²) in [6, 6.07) is 4.27. The monoisotopic (exact) mass is 352 g/mol. The second-order valence-corrected chi connectivity index (χ2v) is 5.11. The number of benzene rings is 1. The molecule has 0 aliphatic heterocycles. The van der Waals surface area contributed by atoms with E-state index in [0.29, 0.717) is 0 Å². The Labute approximate surface area is 140 Å². The summed E-state index contributed by atoms with van der Waals surface area (Å²) in [5.74, 6) is -3.38. The Hall–Kier alpha value is -3.00. The lowest BCUT2D eigenvalue weighted by molar-refractivity contribution is 0.0695. The first-order chi connectivity index (χ1) is 11.3. The number of carboxylic acids is 2. The Morgan fingerprint density at radius 3 is 2.42 bits per heavy atom. The van der Waals surface area contributed by atoms with Gasteiger partial charge in [-0.25, -0.2) is 9.59 Å². The van der Waals surface area contributed by atoms with Gasteiger partial charge < -0.3 is 25.7 Å². The molecule has 2 aromatic rings. The number of carboxylic acid groups (broad SMARTS) is 2. The van der Waals surface area contributed by atoms with E-state index in [0.717, 1.165) is 0 Å². The van der Waals surface area contributed by atoms with Crippen LogP contribution in [-0.2, 0) is 0 Å². The van der Waals surface area contributed by atoms with Crippen molar-refractivity contribution >= 4 is 29.4 Å². The average molecular weight is 353 g/mol. The molecule has 9 heteroatoms. The summed E-state index contributed by atoms with van der Waals surface area (Å²) in [4.78, 5) is 37.2. The number of carbonyl (C=O) groups is 2. The second kappa shape index (κ2) is 6.63. The van der Waals surface area contributed by atoms with Crippen molar-refractivity contribution in [1.29, 1.82) is 0 Å². The predicted molar refractivity (Wildman–Crippen MR) is 87.0 cm³/mol. The van der Waals surface area contributed by atoms with Gasteiger partial charge in [-0.3, -0.25) is 4.79 Å². The summed E-state index contributed by atoms with van der Waals surface area (Å²) in [6.45, 7) is 1.93. The predicted octanol–water partition coefficient (Wildman–Crippen LogP) is 2.07. The summed E-state index contributed by atoms with van der Waals surface area (Å²) in [7, 11) is 0. The van der Waals surface area contributed by atoms with Crippen molar-refractivity contribution in [1.82, 2.24) is 4.98 Å². The summed E-state index contributed by atoms with van der Waals surface area (Å²) >= 11 is 5.94. The largest absolute Gasteiger partial charge is 0.493 e. The van der Waals surface area contributed by atoms with E-state index < -0.39 is 34.4 Å². The van der Waals surface area contributed by atoms with Crippen molar-refractivity contribution in [2.75, 3.05) is 12.3 Å². The maximum Gasteiger partial charge on any atom is 0.342 e. The molecule has 1 heterocycles. The zero-order valence-corrected chi connectivity index (χ0v) is 13.2. The maximum absolute atomic E-state index is 12.0. The van der Waals surface area contributed by atoms with Gasteiger partial charge in [0.25, 0.3) is 5.56 Å². The molecule has 0 saturated heterocycles. The molecule has 0 spiro atoms. The SMILES string of the molecule is CCOc1ccc(Cl)cc1-c1c(C(=O)O)c(N)[nH]c(=O)c1C(=O)O. The number of aromatic nitrogens is 1. The van der Waals surface area contributed by atoms with Crippen LogP contribution in [0.2, 0.25) is 5.02 Å². The van der Waals surface area contributed by atoms with Crippen molar-refractivity contribution < 1.29 is 24.5 Å². The lowest BCUT2D eigenvalue weighted by Gasteiger charge is -2.16. The van der Waals surface area contributed by atoms with E-state index in [4.69, 9.17) is 22.1 Å². The van der Waals surface area contributed by atoms with Gasteiger partial charge in [0.1, 0.15) is 22.7 Å². The number of aromatic carboxylic acids is 2. The number of hydrogen-bond acceptors (Lipinski definition) is 5. The molecule has 0 atom stereocenters. The molecule has 24 heavy (non-hydrogen) atoms. The third-order valence-electron chi connectivity index (χ3n) is 3.18. The van der Waals surface area contributed by atoms with Crippen LogP contribution in [-0.4, -0.2) is 33.7 Å². The van der Waals surface area contributed by atoms with Crippen LogP contribution in [0.4, 0.5) is 5.82 Å². The van der Waals surface area contributed by atoms with E-state index >= 15 is 0 Å². The highest BCUT2D eigenvalue weighted by molar-refractivity contribution is 6.31. The number of anilines is 1. The fourth-order valence-electron chi connectivity index (χ4n) is 2.29. The van der Waals surface area contributed by atoms with Crippen LogP contribution in [0.1, 0.15) is 27.6 Å². The molecule has 5 N–H and O–H groups in total. The Morgan fingerprint density at radius 2 is 1.88 bits per heavy atom. The number of hydrogen-bond donors (Lipinski definition) is 4. The lowest BCUT2D eigenvalue weighted by atomic mass is 9.94. The third kappa shape index (κ3) is 3.04. The lowest BCUT2D eigenvalue weighted by Crippen LogP contribution is -2.24. The number of nitrogens with one attached hydrogen (secondary N) is 1. The molecule has 0 unspecified atom stereocenters. The minimum atomic E-state index is -1.60. The van der Waals surface area contributed by atoms with Crippen LogP contribution >= 0.6 is 11.6 Å². The first-order valence-electron chi connectivity index (χ1n) is 6.73. The molecule has 0 radical (unpaired) electrons. The number of nitrogen functional groups attached to an aromatic ring is 1. The van der Waals surface area contributed by atoms with Crippen LogP contribution in [0.3, 0.4) is 0 Å². The molecule has 1 aromatic carbocycles. The summed E-state index contributed by atoms with van der Waals surface area (Å²) in [6.07, 6.45) is 0. The normalized spacial score (nSPS) is 10.4. The molecule has 0 aliphatic carbocycles. The molecule has 1 aromatic heterocycles. The highest BCUT2D eigenvalue weighted by Gasteiger charge is 2.28. The Morgan fingerprint density at radius 1 is 1.25 bits per heavy atom. The van der Waals surface area contributed by atoms with Crippen molar-refractivity contribution in [3.05, 3.63) is 44.7 Å². The molecule has 0 amide bonds. The first-order valence-corrected chi connectivity index (χ1v) is 7.10. The standard InChI is InChI=1S/C15H13ClN2O6/c1-2-24-8-4-3-6(16)5-7(8)9-10(14(20)21)12(17)18-13(19)11(9)15(22)23/h3-5H,2H2,1H3,(H,20,21)(H,22,23)(H3,17,18,19). The van der Waals surface area contributed by atoms with Gasteiger partial charge in [-0.05, 0) is 25.1 Å². The fraction of sp³-hybridized carbons (Fsp3) is 0.133. The number of halogens is 1. The quantitative estimate of drug-likeness (QED) is 0.645. The molecular formula is C15H13ClN2O6. The summed E-state index contributed by atoms with van der Waals surface area (Å²) in [5.41, 5.74) is 2.95. The van der Waals surface area contributed by atoms with Crippen LogP contribution in [0.25, 0.3) is 11.1 Å². The van der Waals surface area contributed by atoms with E-state index in [1.54, 1.807) is 6.92 Å². The van der Waals surface area contributed by atoms with Crippen molar-refractivity contribution in [3.63, 3.8) is 0 Å². The minimum Gasteiger partial charge on any atom is -0.493 e. The maximum atomic E-state index is 12.0. The Balaban J connectivity index is 3.02. The number of pyridine rings is 1. The number of nitrogens with two attached hydrogens (primary N) is 1. The smallest absolute Gasteiger partial charge is 0.342 e. The molecule has 2 rings (SSSR count). The third-order valence-corrected chi connectivity index (χ3v) is 3.42. The van der Waals surface area contributed by atoms with Crippen molar-refractivity contribution in [2.24, 2.45) is 0 Å². The van der Waals surface area contributed by atoms with Crippen molar-refractivity contribution in [3.8, 4) is 16.9 Å². The van der Waals surface area contributed by atoms with Crippen molar-refractivity contribution in [2.45, 2.75) is 6.92 Å². The highest BCUT2D eigenvalue weighted by atomic mass is 35.5. The van der Waals surface area contributed by atoms with Crippen LogP contribution in [0.5, 0.6) is 5.75 Å². The van der Waals surface area contributed by atoms with E-state index in [2.05, 4.69) is 0 Å². The van der Waals surface area contributed by atoms with Gasteiger partial charge >= 0.3 is 11.9 Å².